The van der Waals surface area contributed by atoms with Crippen molar-refractivity contribution in [2.75, 3.05) is 13.2 Å². The number of allylic oxidation sites excluding steroid dienone is 19. The summed E-state index contributed by atoms with van der Waals surface area (Å²) >= 11 is 0. The lowest BCUT2D eigenvalue weighted by Crippen LogP contribution is -2.30. The molecule has 75 heavy (non-hydrogen) atoms. The van der Waals surface area contributed by atoms with Crippen LogP contribution in [0.3, 0.4) is 0 Å². The smallest absolute Gasteiger partial charge is 0.310 e. The van der Waals surface area contributed by atoms with Crippen molar-refractivity contribution < 1.29 is 28.6 Å². The molecule has 0 aliphatic carbocycles. The second kappa shape index (κ2) is 62.4. The van der Waals surface area contributed by atoms with Crippen LogP contribution in [0.5, 0.6) is 0 Å². The summed E-state index contributed by atoms with van der Waals surface area (Å²) in [6.45, 7) is 6.29. The maximum atomic E-state index is 12.8. The minimum atomic E-state index is -0.836. The lowest BCUT2D eigenvalue weighted by atomic mass is 10.0. The zero-order chi connectivity index (χ0) is 54.3. The van der Waals surface area contributed by atoms with Crippen molar-refractivity contribution in [2.24, 2.45) is 0 Å². The lowest BCUT2D eigenvalue weighted by Gasteiger charge is -2.18. The van der Waals surface area contributed by atoms with Crippen molar-refractivity contribution in [1.82, 2.24) is 0 Å². The number of hydrogen-bond donors (Lipinski definition) is 0. The van der Waals surface area contributed by atoms with Crippen molar-refractivity contribution in [2.45, 2.75) is 284 Å². The number of rotatable bonds is 55. The van der Waals surface area contributed by atoms with Crippen LogP contribution >= 0.6 is 0 Å². The van der Waals surface area contributed by atoms with Crippen LogP contribution < -0.4 is 0 Å². The SMILES string of the molecule is CC/C=C\C/C=C\C/C=C\C/C=C\C/C=C\CC(=O)OC(COC(=O)CCCCCCC/C=C\CCCC)COC(=O)CCCCCCCCCCCCCCCCCCCC/C=C\C/C=C\C/C=C\C/C=C\CC. The number of carbonyl (C=O) groups excluding carboxylic acids is 3. The van der Waals surface area contributed by atoms with Crippen LogP contribution in [0.4, 0.5) is 0 Å². The highest BCUT2D eigenvalue weighted by atomic mass is 16.6. The Morgan fingerprint density at radius 3 is 0.893 bits per heavy atom. The van der Waals surface area contributed by atoms with Gasteiger partial charge in [-0.1, -0.05) is 277 Å². The summed E-state index contributed by atoms with van der Waals surface area (Å²) in [6, 6.07) is 0. The van der Waals surface area contributed by atoms with Gasteiger partial charge in [-0.05, 0) is 103 Å². The Bertz CT molecular complexity index is 1570. The highest BCUT2D eigenvalue weighted by molar-refractivity contribution is 5.72. The summed E-state index contributed by atoms with van der Waals surface area (Å²) in [7, 11) is 0. The van der Waals surface area contributed by atoms with Gasteiger partial charge in [0.2, 0.25) is 0 Å². The molecule has 0 aliphatic heterocycles. The monoisotopic (exact) mass is 1040 g/mol. The maximum Gasteiger partial charge on any atom is 0.310 e. The molecule has 1 unspecified atom stereocenters. The highest BCUT2D eigenvalue weighted by Crippen LogP contribution is 2.16. The van der Waals surface area contributed by atoms with Crippen LogP contribution in [-0.2, 0) is 28.6 Å². The van der Waals surface area contributed by atoms with Crippen LogP contribution in [-0.4, -0.2) is 37.2 Å². The number of carbonyl (C=O) groups is 3. The Morgan fingerprint density at radius 1 is 0.293 bits per heavy atom. The standard InChI is InChI=1S/C69H114O6/c1-4-7-10-13-16-19-22-24-26-27-28-29-30-31-32-33-34-35-36-37-38-39-40-41-43-44-47-50-53-56-59-62-68(71)74-65-66(64-73-67(70)61-58-55-52-49-46-21-18-15-12-9-6-3)75-69(72)63-60-57-54-51-48-45-42-25-23-20-17-14-11-8-5-2/h7-8,10-11,15-20,24-26,28-29,42,48,51,57,60,66H,4-6,9,12-14,21-23,27,30-41,43-47,49-50,52-56,58-59,61-65H2,1-3H3/b10-7-,11-8-,18-15-,19-16-,20-17-,26-24-,29-28-,42-25-,51-48-,60-57-. The molecule has 0 aromatic heterocycles. The van der Waals surface area contributed by atoms with Crippen molar-refractivity contribution in [3.05, 3.63) is 122 Å². The molecule has 0 rings (SSSR count). The van der Waals surface area contributed by atoms with Crippen LogP contribution in [0.1, 0.15) is 278 Å². The average molecular weight is 1040 g/mol. The molecule has 0 spiro atoms. The van der Waals surface area contributed by atoms with Gasteiger partial charge in [-0.15, -0.1) is 0 Å². The molecule has 0 aromatic rings. The zero-order valence-corrected chi connectivity index (χ0v) is 48.8. The van der Waals surface area contributed by atoms with E-state index in [1.165, 1.54) is 128 Å². The molecule has 426 valence electrons. The number of ether oxygens (including phenoxy) is 3. The van der Waals surface area contributed by atoms with Gasteiger partial charge >= 0.3 is 17.9 Å². The molecule has 6 nitrogen and oxygen atoms in total. The van der Waals surface area contributed by atoms with Gasteiger partial charge in [0.1, 0.15) is 13.2 Å². The van der Waals surface area contributed by atoms with Gasteiger partial charge < -0.3 is 14.2 Å². The highest BCUT2D eigenvalue weighted by Gasteiger charge is 2.19. The van der Waals surface area contributed by atoms with E-state index in [2.05, 4.69) is 130 Å². The predicted octanol–water partition coefficient (Wildman–Crippen LogP) is 21.2. The van der Waals surface area contributed by atoms with E-state index in [1.54, 1.807) is 6.08 Å². The molecular weight excluding hydrogens is 925 g/mol. The van der Waals surface area contributed by atoms with Gasteiger partial charge in [0, 0.05) is 12.8 Å². The molecule has 0 amide bonds. The van der Waals surface area contributed by atoms with Gasteiger partial charge in [0.05, 0.1) is 6.42 Å². The predicted molar refractivity (Wildman–Crippen MR) is 325 cm³/mol. The van der Waals surface area contributed by atoms with Crippen molar-refractivity contribution in [1.29, 1.82) is 0 Å². The third-order valence-corrected chi connectivity index (χ3v) is 13.0. The van der Waals surface area contributed by atoms with Crippen molar-refractivity contribution in [3.8, 4) is 0 Å². The Balaban J connectivity index is 4.21. The lowest BCUT2D eigenvalue weighted by molar-refractivity contribution is -0.166. The molecule has 0 saturated heterocycles. The van der Waals surface area contributed by atoms with E-state index >= 15 is 0 Å². The van der Waals surface area contributed by atoms with E-state index in [0.717, 1.165) is 109 Å². The number of hydrogen-bond acceptors (Lipinski definition) is 6. The molecule has 0 radical (unpaired) electrons. The molecule has 0 N–H and O–H groups in total. The molecule has 0 bridgehead atoms. The molecule has 0 aliphatic rings. The molecule has 6 heteroatoms. The van der Waals surface area contributed by atoms with E-state index in [0.29, 0.717) is 12.8 Å². The van der Waals surface area contributed by atoms with Gasteiger partial charge in [0.15, 0.2) is 6.10 Å². The van der Waals surface area contributed by atoms with Crippen LogP contribution in [0.15, 0.2) is 122 Å². The van der Waals surface area contributed by atoms with Crippen LogP contribution in [0, 0.1) is 0 Å². The molecule has 0 heterocycles. The Labute approximate surface area is 462 Å². The maximum absolute atomic E-state index is 12.8. The van der Waals surface area contributed by atoms with Gasteiger partial charge in [-0.2, -0.15) is 0 Å². The van der Waals surface area contributed by atoms with Gasteiger partial charge in [-0.25, -0.2) is 0 Å². The third kappa shape index (κ3) is 60.6. The van der Waals surface area contributed by atoms with Gasteiger partial charge in [-0.3, -0.25) is 14.4 Å². The second-order valence-corrected chi connectivity index (χ2v) is 20.2. The minimum absolute atomic E-state index is 0.0936. The Kier molecular flexibility index (Phi) is 58.9. The summed E-state index contributed by atoms with van der Waals surface area (Å²) < 4.78 is 16.7. The van der Waals surface area contributed by atoms with E-state index in [9.17, 15) is 14.4 Å². The summed E-state index contributed by atoms with van der Waals surface area (Å²) in [5.74, 6) is -1.06. The fourth-order valence-electron chi connectivity index (χ4n) is 8.37. The Morgan fingerprint density at radius 2 is 0.560 bits per heavy atom. The molecule has 0 fully saturated rings. The summed E-state index contributed by atoms with van der Waals surface area (Å²) in [4.78, 5) is 38.1. The van der Waals surface area contributed by atoms with E-state index in [4.69, 9.17) is 14.2 Å². The normalized spacial score (nSPS) is 12.9. The third-order valence-electron chi connectivity index (χ3n) is 13.0. The quantitative estimate of drug-likeness (QED) is 0.0261. The van der Waals surface area contributed by atoms with E-state index < -0.39 is 12.1 Å². The second-order valence-electron chi connectivity index (χ2n) is 20.2. The summed E-state index contributed by atoms with van der Waals surface area (Å²) in [5.41, 5.74) is 0. The fraction of sp³-hybridized carbons (Fsp3) is 0.667. The Hall–Kier alpha value is -4.19. The van der Waals surface area contributed by atoms with Crippen LogP contribution in [0.2, 0.25) is 0 Å². The first-order valence-electron chi connectivity index (χ1n) is 31.0. The van der Waals surface area contributed by atoms with Crippen molar-refractivity contribution >= 4 is 17.9 Å². The van der Waals surface area contributed by atoms with Crippen molar-refractivity contribution in [3.63, 3.8) is 0 Å². The zero-order valence-electron chi connectivity index (χ0n) is 48.8. The first kappa shape index (κ1) is 70.8. The molecule has 0 aromatic carbocycles. The fourth-order valence-corrected chi connectivity index (χ4v) is 8.37. The topological polar surface area (TPSA) is 78.9 Å². The van der Waals surface area contributed by atoms with E-state index in [-0.39, 0.29) is 31.6 Å². The van der Waals surface area contributed by atoms with E-state index in [1.807, 2.05) is 6.08 Å². The number of esters is 3. The average Bonchev–Trinajstić information content (AvgIpc) is 3.41. The minimum Gasteiger partial charge on any atom is -0.462 e. The first-order chi connectivity index (χ1) is 37.0. The first-order valence-corrected chi connectivity index (χ1v) is 31.0. The summed E-state index contributed by atoms with van der Waals surface area (Å²) in [6.07, 6.45) is 86.8. The molecule has 1 atom stereocenters. The van der Waals surface area contributed by atoms with Crippen LogP contribution in [0.25, 0.3) is 0 Å². The number of unbranched alkanes of at least 4 members (excludes halogenated alkanes) is 25. The molecule has 0 saturated carbocycles. The molecular formula is C69H114O6. The summed E-state index contributed by atoms with van der Waals surface area (Å²) in [5, 5.41) is 0. The van der Waals surface area contributed by atoms with Gasteiger partial charge in [0.25, 0.3) is 0 Å². The largest absolute Gasteiger partial charge is 0.462 e.